The third-order valence-corrected chi connectivity index (χ3v) is 5.32. The van der Waals surface area contributed by atoms with Crippen LogP contribution in [0.5, 0.6) is 28.7 Å². The molecule has 0 saturated carbocycles. The molecule has 5 rings (SSSR count). The quantitative estimate of drug-likeness (QED) is 0.294. The molecule has 0 bridgehead atoms. The van der Waals surface area contributed by atoms with E-state index < -0.39 is 0 Å². The van der Waals surface area contributed by atoms with Gasteiger partial charge in [-0.05, 0) is 48.0 Å². The second kappa shape index (κ2) is 9.33. The number of para-hydroxylation sites is 4. The van der Waals surface area contributed by atoms with Crippen molar-refractivity contribution in [2.75, 3.05) is 0 Å². The topological polar surface area (TPSA) is 38.7 Å². The molecule has 0 spiro atoms. The predicted molar refractivity (Wildman–Crippen MR) is 132 cm³/mol. The first-order chi connectivity index (χ1) is 16.3. The highest BCUT2D eigenvalue weighted by atomic mass is 16.5. The van der Waals surface area contributed by atoms with Crippen LogP contribution in [-0.4, -0.2) is 5.11 Å². The first-order valence-electron chi connectivity index (χ1n) is 10.8. The fourth-order valence-electron chi connectivity index (χ4n) is 3.82. The van der Waals surface area contributed by atoms with Crippen LogP contribution in [0.3, 0.4) is 0 Å². The Hall–Kier alpha value is -4.50. The second-order valence-corrected chi connectivity index (χ2v) is 7.52. The number of benzene rings is 5. The summed E-state index contributed by atoms with van der Waals surface area (Å²) in [5.74, 6) is 3.02. The Bertz CT molecular complexity index is 1360. The van der Waals surface area contributed by atoms with Gasteiger partial charge in [0.05, 0.1) is 0 Å². The van der Waals surface area contributed by atoms with E-state index >= 15 is 0 Å². The lowest BCUT2D eigenvalue weighted by atomic mass is 9.92. The Morgan fingerprint density at radius 1 is 0.394 bits per heavy atom. The number of aromatic hydroxyl groups is 1. The molecule has 0 unspecified atom stereocenters. The summed E-state index contributed by atoms with van der Waals surface area (Å²) < 4.78 is 12.4. The highest BCUT2D eigenvalue weighted by Crippen LogP contribution is 2.46. The van der Waals surface area contributed by atoms with E-state index in [1.165, 1.54) is 0 Å². The maximum atomic E-state index is 11.0. The van der Waals surface area contributed by atoms with Crippen LogP contribution in [-0.2, 0) is 0 Å². The lowest BCUT2D eigenvalue weighted by Gasteiger charge is -2.18. The number of hydrogen-bond acceptors (Lipinski definition) is 3. The van der Waals surface area contributed by atoms with Gasteiger partial charge in [0, 0.05) is 16.7 Å². The first kappa shape index (κ1) is 20.4. The zero-order valence-corrected chi connectivity index (χ0v) is 17.9. The van der Waals surface area contributed by atoms with Crippen molar-refractivity contribution in [2.45, 2.75) is 0 Å². The van der Waals surface area contributed by atoms with Crippen LogP contribution in [0.25, 0.3) is 22.3 Å². The summed E-state index contributed by atoms with van der Waals surface area (Å²) in [6, 6.07) is 40.4. The number of phenolic OH excluding ortho intramolecular Hbond substituents is 1. The highest BCUT2D eigenvalue weighted by Gasteiger charge is 2.19. The minimum atomic E-state index is 0.172. The van der Waals surface area contributed by atoms with Crippen LogP contribution in [0, 0.1) is 0 Å². The van der Waals surface area contributed by atoms with Gasteiger partial charge in [-0.25, -0.2) is 0 Å². The number of phenols is 1. The summed E-state index contributed by atoms with van der Waals surface area (Å²) in [5.41, 5.74) is 3.21. The SMILES string of the molecule is Oc1cccc(-c2ccccc2Oc2ccccc2)c1-c1ccccc1Oc1ccccc1. The molecule has 0 amide bonds. The second-order valence-electron chi connectivity index (χ2n) is 7.52. The Morgan fingerprint density at radius 3 is 1.45 bits per heavy atom. The maximum absolute atomic E-state index is 11.0. The standard InChI is InChI=1S/C30H22O3/c31-27-19-11-18-25(24-16-7-9-20-28(24)32-22-12-3-1-4-13-22)30(27)26-17-8-10-21-29(26)33-23-14-5-2-6-15-23/h1-21,31H. The molecular weight excluding hydrogens is 408 g/mol. The fourth-order valence-corrected chi connectivity index (χ4v) is 3.82. The molecule has 3 nitrogen and oxygen atoms in total. The Kier molecular flexibility index (Phi) is 5.77. The molecule has 0 aliphatic heterocycles. The Labute approximate surface area is 193 Å². The van der Waals surface area contributed by atoms with Crippen LogP contribution in [0.15, 0.2) is 127 Å². The van der Waals surface area contributed by atoms with Crippen LogP contribution in [0.2, 0.25) is 0 Å². The van der Waals surface area contributed by atoms with Crippen molar-refractivity contribution >= 4 is 0 Å². The average Bonchev–Trinajstić information content (AvgIpc) is 2.86. The van der Waals surface area contributed by atoms with Crippen molar-refractivity contribution in [2.24, 2.45) is 0 Å². The van der Waals surface area contributed by atoms with Crippen LogP contribution >= 0.6 is 0 Å². The van der Waals surface area contributed by atoms with Gasteiger partial charge in [0.2, 0.25) is 0 Å². The number of rotatable bonds is 6. The van der Waals surface area contributed by atoms with Crippen LogP contribution in [0.4, 0.5) is 0 Å². The van der Waals surface area contributed by atoms with Gasteiger partial charge in [-0.2, -0.15) is 0 Å². The molecule has 0 aromatic heterocycles. The van der Waals surface area contributed by atoms with Gasteiger partial charge < -0.3 is 14.6 Å². The smallest absolute Gasteiger partial charge is 0.135 e. The fraction of sp³-hybridized carbons (Fsp3) is 0. The normalized spacial score (nSPS) is 10.5. The third-order valence-electron chi connectivity index (χ3n) is 5.32. The molecule has 0 heterocycles. The van der Waals surface area contributed by atoms with Gasteiger partial charge in [-0.15, -0.1) is 0 Å². The Balaban J connectivity index is 1.63. The summed E-state index contributed by atoms with van der Waals surface area (Å²) in [6.45, 7) is 0. The Morgan fingerprint density at radius 2 is 0.848 bits per heavy atom. The molecule has 3 heteroatoms. The van der Waals surface area contributed by atoms with Crippen molar-refractivity contribution in [3.63, 3.8) is 0 Å². The molecule has 0 fully saturated rings. The third kappa shape index (κ3) is 4.43. The lowest BCUT2D eigenvalue weighted by molar-refractivity contribution is 0.472. The summed E-state index contributed by atoms with van der Waals surface area (Å²) >= 11 is 0. The monoisotopic (exact) mass is 430 g/mol. The van der Waals surface area contributed by atoms with Crippen molar-refractivity contribution in [3.05, 3.63) is 127 Å². The van der Waals surface area contributed by atoms with Gasteiger partial charge in [-0.1, -0.05) is 84.9 Å². The van der Waals surface area contributed by atoms with E-state index in [9.17, 15) is 5.11 Å². The molecule has 33 heavy (non-hydrogen) atoms. The molecule has 0 aliphatic carbocycles. The van der Waals surface area contributed by atoms with Crippen LogP contribution in [0.1, 0.15) is 0 Å². The molecule has 0 aliphatic rings. The molecule has 0 saturated heterocycles. The van der Waals surface area contributed by atoms with E-state index in [4.69, 9.17) is 9.47 Å². The van der Waals surface area contributed by atoms with Crippen molar-refractivity contribution in [1.29, 1.82) is 0 Å². The van der Waals surface area contributed by atoms with E-state index in [-0.39, 0.29) is 5.75 Å². The molecule has 5 aromatic carbocycles. The minimum absolute atomic E-state index is 0.172. The highest BCUT2D eigenvalue weighted by molar-refractivity contribution is 5.91. The van der Waals surface area contributed by atoms with Gasteiger partial charge in [-0.3, -0.25) is 0 Å². The van der Waals surface area contributed by atoms with Gasteiger partial charge in [0.25, 0.3) is 0 Å². The molecule has 0 radical (unpaired) electrons. The predicted octanol–water partition coefficient (Wildman–Crippen LogP) is 8.31. The summed E-state index contributed by atoms with van der Waals surface area (Å²) in [5, 5.41) is 11.0. The average molecular weight is 431 g/mol. The molecular formula is C30H22O3. The first-order valence-corrected chi connectivity index (χ1v) is 10.8. The molecule has 0 atom stereocenters. The van der Waals surface area contributed by atoms with Crippen molar-refractivity contribution in [1.82, 2.24) is 0 Å². The van der Waals surface area contributed by atoms with Crippen LogP contribution < -0.4 is 9.47 Å². The summed E-state index contributed by atoms with van der Waals surface area (Å²) in [4.78, 5) is 0. The van der Waals surface area contributed by atoms with Gasteiger partial charge in [0.1, 0.15) is 28.7 Å². The van der Waals surface area contributed by atoms with E-state index in [2.05, 4.69) is 0 Å². The van der Waals surface area contributed by atoms with E-state index in [0.717, 1.165) is 28.2 Å². The summed E-state index contributed by atoms with van der Waals surface area (Å²) in [7, 11) is 0. The zero-order valence-electron chi connectivity index (χ0n) is 17.9. The van der Waals surface area contributed by atoms with Gasteiger partial charge in [0.15, 0.2) is 0 Å². The number of hydrogen-bond donors (Lipinski definition) is 1. The van der Waals surface area contributed by atoms with E-state index in [1.807, 2.05) is 121 Å². The molecule has 5 aromatic rings. The van der Waals surface area contributed by atoms with E-state index in [0.29, 0.717) is 17.1 Å². The largest absolute Gasteiger partial charge is 0.507 e. The van der Waals surface area contributed by atoms with Crippen molar-refractivity contribution in [3.8, 4) is 51.0 Å². The number of ether oxygens (including phenoxy) is 2. The minimum Gasteiger partial charge on any atom is -0.507 e. The lowest BCUT2D eigenvalue weighted by Crippen LogP contribution is -1.93. The molecule has 160 valence electrons. The van der Waals surface area contributed by atoms with E-state index in [1.54, 1.807) is 6.07 Å². The van der Waals surface area contributed by atoms with Gasteiger partial charge >= 0.3 is 0 Å². The maximum Gasteiger partial charge on any atom is 0.135 e. The summed E-state index contributed by atoms with van der Waals surface area (Å²) in [6.07, 6.45) is 0. The zero-order chi connectivity index (χ0) is 22.5. The molecule has 1 N–H and O–H groups in total. The van der Waals surface area contributed by atoms with Crippen molar-refractivity contribution < 1.29 is 14.6 Å².